The minimum Gasteiger partial charge on any atom is -0.451 e. The van der Waals surface area contributed by atoms with Gasteiger partial charge in [-0.2, -0.15) is 26.3 Å². The Balaban J connectivity index is 1.48. The Morgan fingerprint density at radius 1 is 1.12 bits per heavy atom. The van der Waals surface area contributed by atoms with Gasteiger partial charge in [-0.15, -0.1) is 0 Å². The number of carbonyl (C=O) groups excluding carboxylic acids is 3. The molecule has 228 valence electrons. The lowest BCUT2D eigenvalue weighted by atomic mass is 9.85. The number of carbonyl (C=O) groups is 3. The average molecular weight is 608 g/mol. The van der Waals surface area contributed by atoms with Gasteiger partial charge in [-0.25, -0.2) is 9.59 Å². The molecule has 0 bridgehead atoms. The zero-order chi connectivity index (χ0) is 31.2. The van der Waals surface area contributed by atoms with Gasteiger partial charge < -0.3 is 40.7 Å². The minimum absolute atomic E-state index is 0.0452. The van der Waals surface area contributed by atoms with Gasteiger partial charge in [-0.3, -0.25) is 20.5 Å². The fourth-order valence-corrected chi connectivity index (χ4v) is 5.64. The molecule has 4 fully saturated rings. The molecule has 4 atom stereocenters. The summed E-state index contributed by atoms with van der Waals surface area (Å²) in [5.41, 5.74) is -7.22. The molecule has 4 aliphatic heterocycles. The highest BCUT2D eigenvalue weighted by atomic mass is 19.4. The number of ether oxygens (including phenoxy) is 1. The number of guanidine groups is 2. The summed E-state index contributed by atoms with van der Waals surface area (Å²) in [5.74, 6) is -6.97. The summed E-state index contributed by atoms with van der Waals surface area (Å²) >= 11 is 0. The predicted octanol–water partition coefficient (Wildman–Crippen LogP) is -0.761. The monoisotopic (exact) mass is 608 g/mol. The maximum atomic E-state index is 13.6. The average Bonchev–Trinajstić information content (AvgIpc) is 3.43. The smallest absolute Gasteiger partial charge is 0.417 e. The molecule has 3 amide bonds. The molecule has 1 spiro atoms. The number of nitrogens with zero attached hydrogens (tertiary/aromatic N) is 3. The van der Waals surface area contributed by atoms with E-state index in [4.69, 9.17) is 15.6 Å². The molecule has 1 aromatic carbocycles. The largest absolute Gasteiger partial charge is 0.451 e. The number of hydrogen-bond acceptors (Lipinski definition) is 8. The van der Waals surface area contributed by atoms with Crippen molar-refractivity contribution in [1.82, 2.24) is 30.7 Å². The highest BCUT2D eigenvalue weighted by molar-refractivity contribution is 6.02. The molecule has 0 saturated carbocycles. The number of likely N-dealkylation sites (N-methyl/N-ethyl adjacent to an activating group) is 1. The van der Waals surface area contributed by atoms with Crippen molar-refractivity contribution in [3.8, 4) is 0 Å². The van der Waals surface area contributed by atoms with Gasteiger partial charge in [0.15, 0.2) is 23.7 Å². The maximum absolute atomic E-state index is 13.6. The van der Waals surface area contributed by atoms with Gasteiger partial charge in [0.05, 0.1) is 41.9 Å². The first-order valence-corrected chi connectivity index (χ1v) is 12.0. The first kappa shape index (κ1) is 29.2. The molecule has 7 N–H and O–H groups in total. The summed E-state index contributed by atoms with van der Waals surface area (Å²) in [6, 6.07) is -3.09. The molecule has 0 aromatic heterocycles. The molecule has 14 nitrogen and oxygen atoms in total. The van der Waals surface area contributed by atoms with Crippen molar-refractivity contribution < 1.29 is 55.7 Å². The van der Waals surface area contributed by atoms with Crippen LogP contribution in [-0.4, -0.2) is 111 Å². The van der Waals surface area contributed by atoms with E-state index in [1.807, 2.05) is 0 Å². The van der Waals surface area contributed by atoms with E-state index in [9.17, 15) is 50.9 Å². The number of imide groups is 1. The van der Waals surface area contributed by atoms with Gasteiger partial charge >= 0.3 is 24.4 Å². The van der Waals surface area contributed by atoms with Crippen molar-refractivity contribution >= 4 is 29.8 Å². The number of benzene rings is 1. The van der Waals surface area contributed by atoms with Gasteiger partial charge in [0.25, 0.3) is 0 Å². The molecule has 42 heavy (non-hydrogen) atoms. The third-order valence-corrected chi connectivity index (χ3v) is 7.58. The number of rotatable bonds is 4. The zero-order valence-corrected chi connectivity index (χ0v) is 21.2. The first-order valence-electron chi connectivity index (χ1n) is 12.0. The Hall–Kier alpha value is -4.33. The van der Waals surface area contributed by atoms with Crippen LogP contribution in [-0.2, 0) is 21.9 Å². The van der Waals surface area contributed by atoms with Crippen molar-refractivity contribution in [2.45, 2.75) is 42.0 Å². The number of halogens is 6. The van der Waals surface area contributed by atoms with Crippen molar-refractivity contribution in [3.63, 3.8) is 0 Å². The Kier molecular flexibility index (Phi) is 6.31. The van der Waals surface area contributed by atoms with Crippen molar-refractivity contribution in [2.75, 3.05) is 26.7 Å². The molecule has 5 rings (SSSR count). The van der Waals surface area contributed by atoms with E-state index in [1.54, 1.807) is 0 Å². The van der Waals surface area contributed by atoms with Crippen LogP contribution >= 0.6 is 0 Å². The van der Waals surface area contributed by atoms with E-state index in [-0.39, 0.29) is 24.7 Å². The SMILES string of the molecule is CN1CC(=O)N(CC2NC(=N)N3CC(OC(=O)c4cc(C(F)(F)F)ccc4C(F)(F)F)C(O)(O)[C@@]34NC(=N)N[C@@H]24)C1=O. The van der Waals surface area contributed by atoms with E-state index >= 15 is 0 Å². The molecule has 20 heteroatoms. The fourth-order valence-electron chi connectivity index (χ4n) is 5.64. The molecule has 0 radical (unpaired) electrons. The van der Waals surface area contributed by atoms with Crippen LogP contribution in [0.15, 0.2) is 18.2 Å². The Labute approximate surface area is 231 Å². The molecule has 2 unspecified atom stereocenters. The summed E-state index contributed by atoms with van der Waals surface area (Å²) in [4.78, 5) is 40.5. The molecule has 1 aromatic rings. The third-order valence-electron chi connectivity index (χ3n) is 7.58. The van der Waals surface area contributed by atoms with Crippen LogP contribution in [0.5, 0.6) is 0 Å². The van der Waals surface area contributed by atoms with Gasteiger partial charge in [-0.1, -0.05) is 0 Å². The zero-order valence-electron chi connectivity index (χ0n) is 21.2. The highest BCUT2D eigenvalue weighted by Crippen LogP contribution is 2.45. The van der Waals surface area contributed by atoms with Crippen LogP contribution in [0, 0.1) is 10.8 Å². The highest BCUT2D eigenvalue weighted by Gasteiger charge is 2.75. The standard InChI is InChI=1S/C22H22F6N8O6/c1-34-7-13(37)35(18(34)39)5-11-14-19(33-16(29)32-14)20(40,41)12(6-36(19)17(30)31-11)42-15(38)9-4-8(21(23,24)25)2-3-10(9)22(26,27)28/h2-4,11-12,14,40-41H,5-7H2,1H3,(H2,30,31)(H3,29,32,33)/t11?,12?,14-,19-/m0/s1. The number of aliphatic hydroxyl groups is 2. The van der Waals surface area contributed by atoms with Gasteiger partial charge in [0, 0.05) is 7.05 Å². The molecule has 4 heterocycles. The molecular weight excluding hydrogens is 586 g/mol. The summed E-state index contributed by atoms with van der Waals surface area (Å²) < 4.78 is 85.4. The van der Waals surface area contributed by atoms with Gasteiger partial charge in [0.2, 0.25) is 11.7 Å². The Morgan fingerprint density at radius 3 is 2.36 bits per heavy atom. The predicted molar refractivity (Wildman–Crippen MR) is 124 cm³/mol. The van der Waals surface area contributed by atoms with Crippen LogP contribution in [0.1, 0.15) is 21.5 Å². The van der Waals surface area contributed by atoms with E-state index in [1.165, 1.54) is 7.05 Å². The van der Waals surface area contributed by atoms with Crippen LogP contribution in [0.3, 0.4) is 0 Å². The first-order chi connectivity index (χ1) is 19.3. The van der Waals surface area contributed by atoms with E-state index < -0.39 is 102 Å². The third kappa shape index (κ3) is 4.23. The Morgan fingerprint density at radius 2 is 1.79 bits per heavy atom. The number of nitrogens with one attached hydrogen (secondary N) is 5. The molecule has 0 aliphatic carbocycles. The van der Waals surface area contributed by atoms with Gasteiger partial charge in [0.1, 0.15) is 6.54 Å². The number of urea groups is 1. The fraction of sp³-hybridized carbons (Fsp3) is 0.500. The van der Waals surface area contributed by atoms with Crippen LogP contribution in [0.25, 0.3) is 0 Å². The topological polar surface area (TPSA) is 194 Å². The minimum atomic E-state index is -5.28. The van der Waals surface area contributed by atoms with Crippen molar-refractivity contribution in [2.24, 2.45) is 0 Å². The summed E-state index contributed by atoms with van der Waals surface area (Å²) in [5, 5.41) is 46.9. The second kappa shape index (κ2) is 9.08. The number of hydrogen-bond donors (Lipinski definition) is 7. The number of esters is 1. The molecular formula is C22H22F6N8O6. The normalized spacial score (nSPS) is 28.8. The lowest BCUT2D eigenvalue weighted by Gasteiger charge is -2.51. The van der Waals surface area contributed by atoms with Crippen LogP contribution in [0.4, 0.5) is 31.1 Å². The lowest BCUT2D eigenvalue weighted by Crippen LogP contribution is -2.81. The quantitative estimate of drug-likeness (QED) is 0.0989. The van der Waals surface area contributed by atoms with Gasteiger partial charge in [-0.05, 0) is 18.2 Å². The Bertz CT molecular complexity index is 1400. The second-order valence-electron chi connectivity index (χ2n) is 10.1. The van der Waals surface area contributed by atoms with Crippen molar-refractivity contribution in [3.05, 3.63) is 34.9 Å². The van der Waals surface area contributed by atoms with Crippen LogP contribution < -0.4 is 16.0 Å². The summed E-state index contributed by atoms with van der Waals surface area (Å²) in [6.45, 7) is -1.45. The van der Waals surface area contributed by atoms with E-state index in [2.05, 4.69) is 16.0 Å². The number of amides is 3. The van der Waals surface area contributed by atoms with E-state index in [0.717, 1.165) is 14.7 Å². The summed E-state index contributed by atoms with van der Waals surface area (Å²) in [7, 11) is 1.36. The summed E-state index contributed by atoms with van der Waals surface area (Å²) in [6.07, 6.45) is -12.6. The molecule has 4 aliphatic rings. The second-order valence-corrected chi connectivity index (χ2v) is 10.1. The van der Waals surface area contributed by atoms with Crippen LogP contribution in [0.2, 0.25) is 0 Å². The number of alkyl halides is 6. The maximum Gasteiger partial charge on any atom is 0.417 e. The molecule has 4 saturated heterocycles. The van der Waals surface area contributed by atoms with Crippen molar-refractivity contribution in [1.29, 1.82) is 10.8 Å². The van der Waals surface area contributed by atoms with E-state index in [0.29, 0.717) is 0 Å². The lowest BCUT2D eigenvalue weighted by molar-refractivity contribution is -0.258.